The highest BCUT2D eigenvalue weighted by molar-refractivity contribution is 8.00. The van der Waals surface area contributed by atoms with Crippen molar-refractivity contribution < 1.29 is 13.6 Å². The molecule has 4 nitrogen and oxygen atoms in total. The molecule has 4 rings (SSSR count). The van der Waals surface area contributed by atoms with E-state index >= 15 is 0 Å². The van der Waals surface area contributed by atoms with Gasteiger partial charge in [-0.25, -0.2) is 8.78 Å². The standard InChI is InChI=1S/C25H25F2N3OS/c26-20-6-8-22(9-7-20)32-23-14-24(30(17-23)16-19-4-2-11-28-15-19)25(31)29-12-10-18-3-1-5-21(27)13-18/h1-9,11,13,15,23-24H,10,12,14,16-17H2,(H,29,31)/t23-,24+/m1/s1. The molecule has 1 aliphatic rings. The smallest absolute Gasteiger partial charge is 0.237 e. The number of thioether (sulfide) groups is 1. The maximum absolute atomic E-state index is 13.4. The van der Waals surface area contributed by atoms with Crippen LogP contribution < -0.4 is 5.32 Å². The Labute approximate surface area is 191 Å². The number of likely N-dealkylation sites (tertiary alicyclic amines) is 1. The van der Waals surface area contributed by atoms with Crippen LogP contribution in [-0.4, -0.2) is 40.2 Å². The van der Waals surface area contributed by atoms with Crippen LogP contribution in [0.3, 0.4) is 0 Å². The fraction of sp³-hybridized carbons (Fsp3) is 0.280. The Morgan fingerprint density at radius 3 is 2.62 bits per heavy atom. The average Bonchev–Trinajstić information content (AvgIpc) is 3.18. The molecule has 32 heavy (non-hydrogen) atoms. The quantitative estimate of drug-likeness (QED) is 0.547. The lowest BCUT2D eigenvalue weighted by Crippen LogP contribution is -2.43. The molecule has 2 atom stereocenters. The summed E-state index contributed by atoms with van der Waals surface area (Å²) >= 11 is 1.67. The summed E-state index contributed by atoms with van der Waals surface area (Å²) in [6.45, 7) is 1.84. The molecule has 0 bridgehead atoms. The summed E-state index contributed by atoms with van der Waals surface area (Å²) in [6, 6.07) is 16.5. The second kappa shape index (κ2) is 10.7. The number of nitrogens with one attached hydrogen (secondary N) is 1. The van der Waals surface area contributed by atoms with Gasteiger partial charge in [-0.1, -0.05) is 18.2 Å². The van der Waals surface area contributed by atoms with Gasteiger partial charge < -0.3 is 5.32 Å². The van der Waals surface area contributed by atoms with Crippen LogP contribution in [0.4, 0.5) is 8.78 Å². The average molecular weight is 454 g/mol. The number of pyridine rings is 1. The van der Waals surface area contributed by atoms with Crippen LogP contribution in [0.1, 0.15) is 17.5 Å². The van der Waals surface area contributed by atoms with Gasteiger partial charge in [0.25, 0.3) is 0 Å². The number of hydrogen-bond acceptors (Lipinski definition) is 4. The van der Waals surface area contributed by atoms with E-state index in [9.17, 15) is 13.6 Å². The van der Waals surface area contributed by atoms with Crippen molar-refractivity contribution >= 4 is 17.7 Å². The van der Waals surface area contributed by atoms with Crippen molar-refractivity contribution in [2.45, 2.75) is 35.6 Å². The minimum absolute atomic E-state index is 0.0208. The molecule has 0 aliphatic carbocycles. The van der Waals surface area contributed by atoms with Crippen LogP contribution in [0.2, 0.25) is 0 Å². The van der Waals surface area contributed by atoms with Gasteiger partial charge in [0.2, 0.25) is 5.91 Å². The molecule has 0 spiro atoms. The topological polar surface area (TPSA) is 45.2 Å². The number of aromatic nitrogens is 1. The molecule has 0 unspecified atom stereocenters. The van der Waals surface area contributed by atoms with Gasteiger partial charge in [0, 0.05) is 42.2 Å². The maximum atomic E-state index is 13.4. The monoisotopic (exact) mass is 453 g/mol. The number of benzene rings is 2. The zero-order chi connectivity index (χ0) is 22.3. The summed E-state index contributed by atoms with van der Waals surface area (Å²) < 4.78 is 26.6. The molecule has 1 saturated heterocycles. The normalized spacial score (nSPS) is 18.6. The number of carbonyl (C=O) groups excluding carboxylic acids is 1. The number of rotatable bonds is 8. The highest BCUT2D eigenvalue weighted by Crippen LogP contribution is 2.33. The van der Waals surface area contributed by atoms with Crippen LogP contribution in [0, 0.1) is 11.6 Å². The number of nitrogens with zero attached hydrogens (tertiary/aromatic N) is 2. The lowest BCUT2D eigenvalue weighted by atomic mass is 10.1. The number of carbonyl (C=O) groups is 1. The maximum Gasteiger partial charge on any atom is 0.237 e. The molecule has 2 heterocycles. The van der Waals surface area contributed by atoms with Crippen molar-refractivity contribution in [3.8, 4) is 0 Å². The third-order valence-corrected chi connectivity index (χ3v) is 6.71. The van der Waals surface area contributed by atoms with Gasteiger partial charge >= 0.3 is 0 Å². The molecule has 1 N–H and O–H groups in total. The molecule has 166 valence electrons. The van der Waals surface area contributed by atoms with Crippen molar-refractivity contribution in [2.75, 3.05) is 13.1 Å². The van der Waals surface area contributed by atoms with Crippen molar-refractivity contribution in [3.63, 3.8) is 0 Å². The summed E-state index contributed by atoms with van der Waals surface area (Å²) in [5.74, 6) is -0.546. The number of amides is 1. The van der Waals surface area contributed by atoms with Crippen LogP contribution >= 0.6 is 11.8 Å². The van der Waals surface area contributed by atoms with E-state index in [0.29, 0.717) is 25.9 Å². The Morgan fingerprint density at radius 1 is 1.06 bits per heavy atom. The van der Waals surface area contributed by atoms with E-state index in [1.165, 1.54) is 24.3 Å². The number of hydrogen-bond donors (Lipinski definition) is 1. The van der Waals surface area contributed by atoms with Crippen LogP contribution in [0.15, 0.2) is 78.0 Å². The first-order valence-electron chi connectivity index (χ1n) is 10.6. The predicted molar refractivity (Wildman–Crippen MR) is 122 cm³/mol. The summed E-state index contributed by atoms with van der Waals surface area (Å²) in [4.78, 5) is 20.4. The molecular formula is C25H25F2N3OS. The van der Waals surface area contributed by atoms with Gasteiger partial charge in [-0.2, -0.15) is 0 Å². The van der Waals surface area contributed by atoms with Gasteiger partial charge in [0.05, 0.1) is 6.04 Å². The van der Waals surface area contributed by atoms with Gasteiger partial charge in [0.1, 0.15) is 11.6 Å². The highest BCUT2D eigenvalue weighted by Gasteiger charge is 2.37. The lowest BCUT2D eigenvalue weighted by Gasteiger charge is -2.23. The minimum Gasteiger partial charge on any atom is -0.354 e. The zero-order valence-electron chi connectivity index (χ0n) is 17.6. The van der Waals surface area contributed by atoms with Crippen LogP contribution in [0.5, 0.6) is 0 Å². The Balaban J connectivity index is 1.39. The second-order valence-corrected chi connectivity index (χ2v) is 9.28. The summed E-state index contributed by atoms with van der Waals surface area (Å²) in [7, 11) is 0. The lowest BCUT2D eigenvalue weighted by molar-refractivity contribution is -0.125. The van der Waals surface area contributed by atoms with E-state index in [1.807, 2.05) is 24.4 Å². The van der Waals surface area contributed by atoms with Crippen molar-refractivity contribution in [1.29, 1.82) is 0 Å². The summed E-state index contributed by atoms with van der Waals surface area (Å²) in [6.07, 6.45) is 4.83. The predicted octanol–water partition coefficient (Wildman–Crippen LogP) is 4.45. The fourth-order valence-electron chi connectivity index (χ4n) is 3.97. The Kier molecular flexibility index (Phi) is 7.50. The molecule has 2 aromatic carbocycles. The Hall–Kier alpha value is -2.77. The molecule has 1 amide bonds. The van der Waals surface area contributed by atoms with E-state index in [0.717, 1.165) is 22.6 Å². The zero-order valence-corrected chi connectivity index (χ0v) is 18.4. The van der Waals surface area contributed by atoms with E-state index in [-0.39, 0.29) is 28.8 Å². The Bertz CT molecular complexity index is 1030. The van der Waals surface area contributed by atoms with Gasteiger partial charge in [-0.3, -0.25) is 14.7 Å². The van der Waals surface area contributed by atoms with Crippen LogP contribution in [0.25, 0.3) is 0 Å². The number of halogens is 2. The first kappa shape index (κ1) is 22.4. The van der Waals surface area contributed by atoms with E-state index in [4.69, 9.17) is 0 Å². The molecule has 1 aliphatic heterocycles. The van der Waals surface area contributed by atoms with Crippen LogP contribution in [-0.2, 0) is 17.8 Å². The fourth-order valence-corrected chi connectivity index (χ4v) is 5.19. The van der Waals surface area contributed by atoms with E-state index in [2.05, 4.69) is 15.2 Å². The molecule has 1 fully saturated rings. The molecular weight excluding hydrogens is 428 g/mol. The van der Waals surface area contributed by atoms with E-state index < -0.39 is 0 Å². The van der Waals surface area contributed by atoms with Crippen molar-refractivity contribution in [1.82, 2.24) is 15.2 Å². The minimum atomic E-state index is -0.270. The van der Waals surface area contributed by atoms with E-state index in [1.54, 1.807) is 36.2 Å². The molecule has 0 saturated carbocycles. The Morgan fingerprint density at radius 2 is 1.88 bits per heavy atom. The summed E-state index contributed by atoms with van der Waals surface area (Å²) in [5.41, 5.74) is 1.91. The van der Waals surface area contributed by atoms with Gasteiger partial charge in [-0.05, 0) is 66.4 Å². The molecule has 3 aromatic rings. The summed E-state index contributed by atoms with van der Waals surface area (Å²) in [5, 5.41) is 3.24. The first-order chi connectivity index (χ1) is 15.6. The van der Waals surface area contributed by atoms with Gasteiger partial charge in [-0.15, -0.1) is 11.8 Å². The van der Waals surface area contributed by atoms with Gasteiger partial charge in [0.15, 0.2) is 0 Å². The largest absolute Gasteiger partial charge is 0.354 e. The van der Waals surface area contributed by atoms with Crippen molar-refractivity contribution in [3.05, 3.63) is 95.8 Å². The first-order valence-corrected chi connectivity index (χ1v) is 11.5. The molecule has 1 aromatic heterocycles. The second-order valence-electron chi connectivity index (χ2n) is 7.91. The highest BCUT2D eigenvalue weighted by atomic mass is 32.2. The van der Waals surface area contributed by atoms with Crippen molar-refractivity contribution in [2.24, 2.45) is 0 Å². The third-order valence-electron chi connectivity index (χ3n) is 5.49. The molecule has 0 radical (unpaired) electrons. The SMILES string of the molecule is O=C(NCCc1cccc(F)c1)[C@@H]1C[C@@H](Sc2ccc(F)cc2)CN1Cc1cccnc1. The third kappa shape index (κ3) is 6.14. The molecule has 7 heteroatoms.